The fourth-order valence-electron chi connectivity index (χ4n) is 1.27. The molecule has 0 aliphatic rings. The molecule has 0 fully saturated rings. The van der Waals surface area contributed by atoms with Crippen LogP contribution in [-0.2, 0) is 4.74 Å². The number of H-pyrrole nitrogens is 1. The third kappa shape index (κ3) is 1.29. The molecule has 5 heteroatoms. The number of nitrogens with one attached hydrogen (secondary N) is 1. The summed E-state index contributed by atoms with van der Waals surface area (Å²) >= 11 is 3.33. The number of hydrogen-bond acceptors (Lipinski definition) is 3. The van der Waals surface area contributed by atoms with Crippen LogP contribution in [0, 0.1) is 0 Å². The average Bonchev–Trinajstić information content (AvgIpc) is 2.59. The van der Waals surface area contributed by atoms with E-state index in [0.29, 0.717) is 11.1 Å². The molecule has 2 aromatic heterocycles. The molecule has 2 rings (SSSR count). The number of aromatic nitrogens is 2. The first-order chi connectivity index (χ1) is 6.74. The van der Waals surface area contributed by atoms with Gasteiger partial charge in [0, 0.05) is 12.4 Å². The summed E-state index contributed by atoms with van der Waals surface area (Å²) in [6.07, 6.45) is 3.32. The van der Waals surface area contributed by atoms with Crippen LogP contribution >= 0.6 is 15.9 Å². The fourth-order valence-corrected chi connectivity index (χ4v) is 1.69. The van der Waals surface area contributed by atoms with Gasteiger partial charge in [-0.2, -0.15) is 0 Å². The second-order valence-electron chi connectivity index (χ2n) is 2.71. The topological polar surface area (TPSA) is 55.0 Å². The Morgan fingerprint density at radius 2 is 2.43 bits per heavy atom. The summed E-state index contributed by atoms with van der Waals surface area (Å²) in [5.41, 5.74) is 1.90. The molecular formula is C9H7BrN2O2. The predicted molar refractivity (Wildman–Crippen MR) is 55.1 cm³/mol. The lowest BCUT2D eigenvalue weighted by atomic mass is 10.2. The molecule has 4 nitrogen and oxygen atoms in total. The number of halogens is 1. The van der Waals surface area contributed by atoms with Crippen LogP contribution in [0.1, 0.15) is 10.4 Å². The Kier molecular flexibility index (Phi) is 2.25. The van der Waals surface area contributed by atoms with Crippen LogP contribution in [0.25, 0.3) is 11.0 Å². The lowest BCUT2D eigenvalue weighted by Crippen LogP contribution is -2.02. The molecule has 0 saturated heterocycles. The largest absolute Gasteiger partial charge is 0.465 e. The van der Waals surface area contributed by atoms with Crippen molar-refractivity contribution >= 4 is 32.9 Å². The van der Waals surface area contributed by atoms with Crippen molar-refractivity contribution in [1.82, 2.24) is 9.97 Å². The molecule has 0 aliphatic heterocycles. The Morgan fingerprint density at radius 1 is 1.64 bits per heavy atom. The Hall–Kier alpha value is -1.36. The number of methoxy groups -OCH3 is 1. The first-order valence-electron chi connectivity index (χ1n) is 3.94. The smallest absolute Gasteiger partial charge is 0.340 e. The number of esters is 1. The minimum absolute atomic E-state index is 0.369. The lowest BCUT2D eigenvalue weighted by molar-refractivity contribution is 0.0602. The summed E-state index contributed by atoms with van der Waals surface area (Å²) in [6, 6.07) is 1.62. The van der Waals surface area contributed by atoms with E-state index in [2.05, 4.69) is 30.6 Å². The minimum Gasteiger partial charge on any atom is -0.465 e. The van der Waals surface area contributed by atoms with Gasteiger partial charge in [0.05, 0.1) is 22.7 Å². The Morgan fingerprint density at radius 3 is 3.14 bits per heavy atom. The third-order valence-electron chi connectivity index (χ3n) is 1.93. The minimum atomic E-state index is -0.369. The van der Waals surface area contributed by atoms with E-state index in [1.807, 2.05) is 0 Å². The van der Waals surface area contributed by atoms with E-state index >= 15 is 0 Å². The zero-order chi connectivity index (χ0) is 10.1. The van der Waals surface area contributed by atoms with Crippen molar-refractivity contribution in [1.29, 1.82) is 0 Å². The monoisotopic (exact) mass is 254 g/mol. The van der Waals surface area contributed by atoms with Crippen molar-refractivity contribution in [3.63, 3.8) is 0 Å². The highest BCUT2D eigenvalue weighted by atomic mass is 79.9. The zero-order valence-corrected chi connectivity index (χ0v) is 8.96. The Bertz CT molecular complexity index is 493. The van der Waals surface area contributed by atoms with Gasteiger partial charge in [0.2, 0.25) is 0 Å². The van der Waals surface area contributed by atoms with Gasteiger partial charge in [0.15, 0.2) is 0 Å². The average molecular weight is 255 g/mol. The van der Waals surface area contributed by atoms with Gasteiger partial charge in [-0.25, -0.2) is 4.79 Å². The number of rotatable bonds is 1. The van der Waals surface area contributed by atoms with E-state index in [-0.39, 0.29) is 5.97 Å². The van der Waals surface area contributed by atoms with Crippen LogP contribution in [0.2, 0.25) is 0 Å². The molecule has 1 N–H and O–H groups in total. The van der Waals surface area contributed by atoms with Gasteiger partial charge in [-0.15, -0.1) is 0 Å². The van der Waals surface area contributed by atoms with Gasteiger partial charge in [0.25, 0.3) is 0 Å². The van der Waals surface area contributed by atoms with Crippen molar-refractivity contribution in [2.45, 2.75) is 0 Å². The molecule has 0 radical (unpaired) electrons. The molecule has 0 aromatic carbocycles. The third-order valence-corrected chi connectivity index (χ3v) is 2.53. The highest BCUT2D eigenvalue weighted by molar-refractivity contribution is 9.10. The van der Waals surface area contributed by atoms with E-state index in [1.54, 1.807) is 18.5 Å². The molecule has 72 valence electrons. The molecular weight excluding hydrogens is 248 g/mol. The molecule has 0 saturated carbocycles. The molecule has 0 atom stereocenters. The Labute approximate surface area is 88.4 Å². The maximum Gasteiger partial charge on any atom is 0.340 e. The van der Waals surface area contributed by atoms with Crippen molar-refractivity contribution in [2.24, 2.45) is 0 Å². The summed E-state index contributed by atoms with van der Waals surface area (Å²) in [7, 11) is 1.35. The van der Waals surface area contributed by atoms with Gasteiger partial charge in [-0.1, -0.05) is 0 Å². The van der Waals surface area contributed by atoms with Gasteiger partial charge in [-0.05, 0) is 22.0 Å². The molecule has 0 bridgehead atoms. The van der Waals surface area contributed by atoms with Crippen LogP contribution in [0.3, 0.4) is 0 Å². The standard InChI is InChI=1S/C9H7BrN2O2/c1-14-9(13)5-2-3-11-8-6(10)4-12-7(5)8/h2-4,12H,1H3. The van der Waals surface area contributed by atoms with Gasteiger partial charge in [-0.3, -0.25) is 4.98 Å². The van der Waals surface area contributed by atoms with E-state index < -0.39 is 0 Å². The summed E-state index contributed by atoms with van der Waals surface area (Å²) in [5.74, 6) is -0.369. The second-order valence-corrected chi connectivity index (χ2v) is 3.56. The molecule has 0 unspecified atom stereocenters. The number of aromatic amines is 1. The quantitative estimate of drug-likeness (QED) is 0.794. The number of carbonyl (C=O) groups is 1. The fraction of sp³-hybridized carbons (Fsp3) is 0.111. The van der Waals surface area contributed by atoms with Crippen molar-refractivity contribution < 1.29 is 9.53 Å². The molecule has 0 aliphatic carbocycles. The number of fused-ring (bicyclic) bond motifs is 1. The van der Waals surface area contributed by atoms with Crippen LogP contribution in [-0.4, -0.2) is 23.0 Å². The van der Waals surface area contributed by atoms with Crippen molar-refractivity contribution in [3.05, 3.63) is 28.5 Å². The Balaban J connectivity index is 2.71. The van der Waals surface area contributed by atoms with E-state index in [9.17, 15) is 4.79 Å². The lowest BCUT2D eigenvalue weighted by Gasteiger charge is -1.99. The summed E-state index contributed by atoms with van der Waals surface area (Å²) in [6.45, 7) is 0. The number of nitrogens with zero attached hydrogens (tertiary/aromatic N) is 1. The van der Waals surface area contributed by atoms with Crippen LogP contribution < -0.4 is 0 Å². The maximum absolute atomic E-state index is 11.4. The van der Waals surface area contributed by atoms with Crippen LogP contribution in [0.5, 0.6) is 0 Å². The second kappa shape index (κ2) is 3.42. The zero-order valence-electron chi connectivity index (χ0n) is 7.37. The molecule has 2 aromatic rings. The summed E-state index contributed by atoms with van der Waals surface area (Å²) < 4.78 is 5.48. The van der Waals surface area contributed by atoms with E-state index in [1.165, 1.54) is 7.11 Å². The van der Waals surface area contributed by atoms with Crippen molar-refractivity contribution in [2.75, 3.05) is 7.11 Å². The SMILES string of the molecule is COC(=O)c1ccnc2c(Br)c[nH]c12. The normalized spacial score (nSPS) is 10.4. The highest BCUT2D eigenvalue weighted by Crippen LogP contribution is 2.23. The van der Waals surface area contributed by atoms with Crippen LogP contribution in [0.15, 0.2) is 22.9 Å². The number of pyridine rings is 1. The van der Waals surface area contributed by atoms with Gasteiger partial charge in [0.1, 0.15) is 5.52 Å². The molecule has 0 amide bonds. The highest BCUT2D eigenvalue weighted by Gasteiger charge is 2.13. The van der Waals surface area contributed by atoms with E-state index in [4.69, 9.17) is 0 Å². The first-order valence-corrected chi connectivity index (χ1v) is 4.73. The van der Waals surface area contributed by atoms with Crippen molar-refractivity contribution in [3.8, 4) is 0 Å². The van der Waals surface area contributed by atoms with Gasteiger partial charge >= 0.3 is 5.97 Å². The number of hydrogen-bond donors (Lipinski definition) is 1. The summed E-state index contributed by atoms with van der Waals surface area (Å²) in [4.78, 5) is 18.4. The number of ether oxygens (including phenoxy) is 1. The maximum atomic E-state index is 11.4. The van der Waals surface area contributed by atoms with E-state index in [0.717, 1.165) is 9.99 Å². The summed E-state index contributed by atoms with van der Waals surface area (Å²) in [5, 5.41) is 0. The molecule has 14 heavy (non-hydrogen) atoms. The van der Waals surface area contributed by atoms with Gasteiger partial charge < -0.3 is 9.72 Å². The predicted octanol–water partition coefficient (Wildman–Crippen LogP) is 2.11. The first kappa shape index (κ1) is 9.21. The number of carbonyl (C=O) groups excluding carboxylic acids is 1. The molecule has 2 heterocycles. The molecule has 0 spiro atoms. The van der Waals surface area contributed by atoms with Crippen LogP contribution in [0.4, 0.5) is 0 Å².